The second kappa shape index (κ2) is 5.14. The van der Waals surface area contributed by atoms with Crippen molar-refractivity contribution in [1.82, 2.24) is 4.90 Å². The third kappa shape index (κ3) is 2.50. The molecule has 1 saturated heterocycles. The topological polar surface area (TPSA) is 29.5 Å². The third-order valence-electron chi connectivity index (χ3n) is 2.96. The molecule has 1 unspecified atom stereocenters. The van der Waals surface area contributed by atoms with Gasteiger partial charge in [0.15, 0.2) is 0 Å². The fourth-order valence-electron chi connectivity index (χ4n) is 1.85. The minimum Gasteiger partial charge on any atom is -0.379 e. The van der Waals surface area contributed by atoms with Crippen LogP contribution in [0.25, 0.3) is 0 Å². The van der Waals surface area contributed by atoms with E-state index < -0.39 is 5.82 Å². The highest BCUT2D eigenvalue weighted by molar-refractivity contribution is 9.10. The van der Waals surface area contributed by atoms with Crippen LogP contribution in [0.15, 0.2) is 22.7 Å². The van der Waals surface area contributed by atoms with Crippen molar-refractivity contribution in [3.8, 4) is 0 Å². The molecule has 0 N–H and O–H groups in total. The number of ether oxygens (including phenoxy) is 1. The van der Waals surface area contributed by atoms with Crippen LogP contribution in [0.4, 0.5) is 4.39 Å². The number of halogens is 2. The molecule has 92 valence electrons. The van der Waals surface area contributed by atoms with E-state index in [9.17, 15) is 9.18 Å². The Bertz CT molecular complexity index is 433. The van der Waals surface area contributed by atoms with Gasteiger partial charge in [0.1, 0.15) is 5.82 Å². The Labute approximate surface area is 108 Å². The van der Waals surface area contributed by atoms with Gasteiger partial charge in [0.05, 0.1) is 22.7 Å². The van der Waals surface area contributed by atoms with E-state index in [2.05, 4.69) is 15.9 Å². The Balaban J connectivity index is 2.21. The molecule has 1 heterocycles. The molecular weight excluding hydrogens is 289 g/mol. The van der Waals surface area contributed by atoms with Gasteiger partial charge in [-0.2, -0.15) is 0 Å². The first-order valence-electron chi connectivity index (χ1n) is 5.40. The standard InChI is InChI=1S/C12H13BrFNO2/c1-15(8-5-6-17-7-8)12(16)9-3-2-4-10(14)11(9)13/h2-4,8H,5-7H2,1H3. The van der Waals surface area contributed by atoms with Gasteiger partial charge in [-0.1, -0.05) is 6.07 Å². The highest BCUT2D eigenvalue weighted by Gasteiger charge is 2.26. The summed E-state index contributed by atoms with van der Waals surface area (Å²) in [4.78, 5) is 13.8. The van der Waals surface area contributed by atoms with Crippen LogP contribution >= 0.6 is 15.9 Å². The second-order valence-electron chi connectivity index (χ2n) is 4.03. The lowest BCUT2D eigenvalue weighted by Gasteiger charge is -2.23. The van der Waals surface area contributed by atoms with E-state index in [1.807, 2.05) is 0 Å². The fourth-order valence-corrected chi connectivity index (χ4v) is 2.29. The van der Waals surface area contributed by atoms with Crippen molar-refractivity contribution in [1.29, 1.82) is 0 Å². The van der Waals surface area contributed by atoms with Crippen molar-refractivity contribution in [3.63, 3.8) is 0 Å². The summed E-state index contributed by atoms with van der Waals surface area (Å²) < 4.78 is 18.8. The molecule has 0 aliphatic carbocycles. The van der Waals surface area contributed by atoms with Gasteiger partial charge < -0.3 is 9.64 Å². The zero-order chi connectivity index (χ0) is 12.4. The lowest BCUT2D eigenvalue weighted by atomic mass is 10.1. The van der Waals surface area contributed by atoms with E-state index in [0.29, 0.717) is 18.8 Å². The highest BCUT2D eigenvalue weighted by atomic mass is 79.9. The highest BCUT2D eigenvalue weighted by Crippen LogP contribution is 2.23. The van der Waals surface area contributed by atoms with Crippen molar-refractivity contribution in [2.75, 3.05) is 20.3 Å². The Morgan fingerprint density at radius 2 is 2.35 bits per heavy atom. The number of likely N-dealkylation sites (N-methyl/N-ethyl adjacent to an activating group) is 1. The van der Waals surface area contributed by atoms with Gasteiger partial charge in [0.25, 0.3) is 5.91 Å². The summed E-state index contributed by atoms with van der Waals surface area (Å²) in [5.74, 6) is -0.612. The Hall–Kier alpha value is -0.940. The molecule has 17 heavy (non-hydrogen) atoms. The number of carbonyl (C=O) groups excluding carboxylic acids is 1. The number of amides is 1. The van der Waals surface area contributed by atoms with Crippen molar-refractivity contribution in [2.24, 2.45) is 0 Å². The number of carbonyl (C=O) groups is 1. The van der Waals surface area contributed by atoms with Crippen LogP contribution in [0.3, 0.4) is 0 Å². The Morgan fingerprint density at radius 3 is 3.00 bits per heavy atom. The van der Waals surface area contributed by atoms with Gasteiger partial charge in [0, 0.05) is 13.7 Å². The summed E-state index contributed by atoms with van der Waals surface area (Å²) in [6.45, 7) is 1.22. The molecule has 3 nitrogen and oxygen atoms in total. The first-order chi connectivity index (χ1) is 8.11. The fraction of sp³-hybridized carbons (Fsp3) is 0.417. The monoisotopic (exact) mass is 301 g/mol. The van der Waals surface area contributed by atoms with E-state index in [1.54, 1.807) is 18.0 Å². The zero-order valence-electron chi connectivity index (χ0n) is 9.45. The number of rotatable bonds is 2. The molecular formula is C12H13BrFNO2. The minimum absolute atomic E-state index is 0.0812. The van der Waals surface area contributed by atoms with Crippen molar-refractivity contribution < 1.29 is 13.9 Å². The summed E-state index contributed by atoms with van der Waals surface area (Å²) in [7, 11) is 1.72. The van der Waals surface area contributed by atoms with Crippen molar-refractivity contribution >= 4 is 21.8 Å². The van der Waals surface area contributed by atoms with Gasteiger partial charge in [-0.15, -0.1) is 0 Å². The number of hydrogen-bond acceptors (Lipinski definition) is 2. The largest absolute Gasteiger partial charge is 0.379 e. The van der Waals surface area contributed by atoms with Gasteiger partial charge in [0.2, 0.25) is 0 Å². The molecule has 1 aliphatic rings. The summed E-state index contributed by atoms with van der Waals surface area (Å²) in [6.07, 6.45) is 0.829. The minimum atomic E-state index is -0.424. The first kappa shape index (κ1) is 12.5. The Kier molecular flexibility index (Phi) is 3.79. The molecule has 1 fully saturated rings. The second-order valence-corrected chi connectivity index (χ2v) is 4.83. The molecule has 0 radical (unpaired) electrons. The molecule has 0 spiro atoms. The van der Waals surface area contributed by atoms with Crippen LogP contribution in [-0.4, -0.2) is 37.1 Å². The first-order valence-corrected chi connectivity index (χ1v) is 6.19. The van der Waals surface area contributed by atoms with E-state index in [1.165, 1.54) is 12.1 Å². The molecule has 0 bridgehead atoms. The molecule has 2 rings (SSSR count). The average Bonchev–Trinajstić information content (AvgIpc) is 2.84. The third-order valence-corrected chi connectivity index (χ3v) is 3.76. The van der Waals surface area contributed by atoms with Gasteiger partial charge in [-0.3, -0.25) is 4.79 Å². The molecule has 0 saturated carbocycles. The van der Waals surface area contributed by atoms with Crippen LogP contribution in [-0.2, 0) is 4.74 Å². The molecule has 1 aromatic carbocycles. The maximum atomic E-state index is 13.3. The van der Waals surface area contributed by atoms with Crippen molar-refractivity contribution in [3.05, 3.63) is 34.1 Å². The quantitative estimate of drug-likeness (QED) is 0.840. The summed E-state index contributed by atoms with van der Waals surface area (Å²) >= 11 is 3.10. The van der Waals surface area contributed by atoms with E-state index in [-0.39, 0.29) is 16.4 Å². The average molecular weight is 302 g/mol. The molecule has 0 aromatic heterocycles. The van der Waals surface area contributed by atoms with E-state index >= 15 is 0 Å². The van der Waals surface area contributed by atoms with Gasteiger partial charge in [-0.05, 0) is 34.5 Å². The lowest BCUT2D eigenvalue weighted by Crippen LogP contribution is -2.37. The van der Waals surface area contributed by atoms with Crippen LogP contribution < -0.4 is 0 Å². The molecule has 1 amide bonds. The van der Waals surface area contributed by atoms with Crippen LogP contribution in [0.2, 0.25) is 0 Å². The smallest absolute Gasteiger partial charge is 0.255 e. The summed E-state index contributed by atoms with van der Waals surface area (Å²) in [5.41, 5.74) is 0.347. The molecule has 1 aromatic rings. The maximum Gasteiger partial charge on any atom is 0.255 e. The normalized spacial score (nSPS) is 19.4. The van der Waals surface area contributed by atoms with Gasteiger partial charge >= 0.3 is 0 Å². The van der Waals surface area contributed by atoms with Gasteiger partial charge in [-0.25, -0.2) is 4.39 Å². The summed E-state index contributed by atoms with van der Waals surface area (Å²) in [6, 6.07) is 4.55. The predicted molar refractivity (Wildman–Crippen MR) is 65.4 cm³/mol. The van der Waals surface area contributed by atoms with Crippen LogP contribution in [0.1, 0.15) is 16.8 Å². The number of nitrogens with zero attached hydrogens (tertiary/aromatic N) is 1. The number of benzene rings is 1. The number of hydrogen-bond donors (Lipinski definition) is 0. The van der Waals surface area contributed by atoms with Crippen molar-refractivity contribution in [2.45, 2.75) is 12.5 Å². The Morgan fingerprint density at radius 1 is 1.59 bits per heavy atom. The molecule has 1 atom stereocenters. The van der Waals surface area contributed by atoms with Crippen LogP contribution in [0, 0.1) is 5.82 Å². The predicted octanol–water partition coefficient (Wildman–Crippen LogP) is 2.45. The molecule has 1 aliphatic heterocycles. The van der Waals surface area contributed by atoms with E-state index in [4.69, 9.17) is 4.74 Å². The summed E-state index contributed by atoms with van der Waals surface area (Å²) in [5, 5.41) is 0. The molecule has 5 heteroatoms. The maximum absolute atomic E-state index is 13.3. The zero-order valence-corrected chi connectivity index (χ0v) is 11.0. The lowest BCUT2D eigenvalue weighted by molar-refractivity contribution is 0.0710. The SMILES string of the molecule is CN(C(=O)c1cccc(F)c1Br)C1CCOC1. The van der Waals surface area contributed by atoms with E-state index in [0.717, 1.165) is 6.42 Å². The van der Waals surface area contributed by atoms with Crippen LogP contribution in [0.5, 0.6) is 0 Å².